The average Bonchev–Trinajstić information content (AvgIpc) is 3.43. The van der Waals surface area contributed by atoms with Crippen molar-refractivity contribution in [3.8, 4) is 22.8 Å². The van der Waals surface area contributed by atoms with Crippen LogP contribution in [0.3, 0.4) is 0 Å². The Morgan fingerprint density at radius 2 is 2.07 bits per heavy atom. The molecule has 1 saturated heterocycles. The molecule has 0 saturated carbocycles. The first-order chi connectivity index (χ1) is 14.6. The molecule has 156 valence electrons. The van der Waals surface area contributed by atoms with Gasteiger partial charge >= 0.3 is 0 Å². The van der Waals surface area contributed by atoms with Crippen LogP contribution in [0.15, 0.2) is 53.1 Å². The lowest BCUT2D eigenvalue weighted by atomic mass is 10.0. The lowest BCUT2D eigenvalue weighted by molar-refractivity contribution is 0.0726. The number of amides is 1. The minimum Gasteiger partial charge on any atom is -0.497 e. The van der Waals surface area contributed by atoms with Gasteiger partial charge in [-0.1, -0.05) is 17.3 Å². The lowest BCUT2D eigenvalue weighted by Crippen LogP contribution is -2.37. The third-order valence-electron chi connectivity index (χ3n) is 5.40. The zero-order chi connectivity index (χ0) is 21.1. The molecule has 2 heterocycles. The van der Waals surface area contributed by atoms with E-state index >= 15 is 0 Å². The van der Waals surface area contributed by atoms with Crippen molar-refractivity contribution in [2.24, 2.45) is 0 Å². The van der Waals surface area contributed by atoms with Crippen molar-refractivity contribution in [2.45, 2.75) is 25.3 Å². The van der Waals surface area contributed by atoms with E-state index < -0.39 is 0 Å². The van der Waals surface area contributed by atoms with Crippen LogP contribution in [0.2, 0.25) is 0 Å². The highest BCUT2D eigenvalue weighted by Gasteiger charge is 2.31. The van der Waals surface area contributed by atoms with E-state index in [0.29, 0.717) is 35.8 Å². The molecule has 1 atom stereocenters. The SMILES string of the molecule is COc1ccc(OC)c(-c2cc(C(=O)N3CCCC3Cc3cccc(F)c3)no2)c1. The summed E-state index contributed by atoms with van der Waals surface area (Å²) >= 11 is 0. The van der Waals surface area contributed by atoms with E-state index in [1.54, 1.807) is 49.5 Å². The van der Waals surface area contributed by atoms with Crippen LogP contribution >= 0.6 is 0 Å². The van der Waals surface area contributed by atoms with Gasteiger partial charge in [0, 0.05) is 18.7 Å². The molecule has 1 unspecified atom stereocenters. The molecule has 0 aliphatic carbocycles. The Balaban J connectivity index is 1.55. The summed E-state index contributed by atoms with van der Waals surface area (Å²) in [5.74, 6) is 1.21. The molecule has 1 fully saturated rings. The summed E-state index contributed by atoms with van der Waals surface area (Å²) in [6, 6.07) is 13.5. The van der Waals surface area contributed by atoms with Crippen LogP contribution in [0, 0.1) is 5.82 Å². The Hall–Kier alpha value is -3.35. The van der Waals surface area contributed by atoms with Gasteiger partial charge in [0.05, 0.1) is 19.8 Å². The van der Waals surface area contributed by atoms with Crippen molar-refractivity contribution in [1.29, 1.82) is 0 Å². The summed E-state index contributed by atoms with van der Waals surface area (Å²) in [6.45, 7) is 0.642. The maximum atomic E-state index is 13.5. The number of likely N-dealkylation sites (tertiary alicyclic amines) is 1. The van der Waals surface area contributed by atoms with Crippen LogP contribution in [-0.4, -0.2) is 42.8 Å². The number of carbonyl (C=O) groups is 1. The number of benzene rings is 2. The first-order valence-electron chi connectivity index (χ1n) is 9.83. The fourth-order valence-electron chi connectivity index (χ4n) is 3.91. The van der Waals surface area contributed by atoms with Gasteiger partial charge in [0.2, 0.25) is 0 Å². The normalized spacial score (nSPS) is 16.0. The molecule has 0 spiro atoms. The quantitative estimate of drug-likeness (QED) is 0.605. The number of halogens is 1. The number of rotatable bonds is 6. The van der Waals surface area contributed by atoms with E-state index in [-0.39, 0.29) is 23.5 Å². The summed E-state index contributed by atoms with van der Waals surface area (Å²) in [5.41, 5.74) is 1.77. The van der Waals surface area contributed by atoms with Crippen molar-refractivity contribution >= 4 is 5.91 Å². The third kappa shape index (κ3) is 4.01. The molecule has 1 amide bonds. The summed E-state index contributed by atoms with van der Waals surface area (Å²) in [7, 11) is 3.14. The van der Waals surface area contributed by atoms with Gasteiger partial charge in [-0.25, -0.2) is 4.39 Å². The molecule has 2 aromatic carbocycles. The Labute approximate surface area is 174 Å². The van der Waals surface area contributed by atoms with Gasteiger partial charge in [-0.3, -0.25) is 4.79 Å². The fourth-order valence-corrected chi connectivity index (χ4v) is 3.91. The molecule has 30 heavy (non-hydrogen) atoms. The molecule has 6 nitrogen and oxygen atoms in total. The smallest absolute Gasteiger partial charge is 0.276 e. The van der Waals surface area contributed by atoms with Gasteiger partial charge in [0.25, 0.3) is 5.91 Å². The molecular weight excluding hydrogens is 387 g/mol. The van der Waals surface area contributed by atoms with Crippen LogP contribution in [0.5, 0.6) is 11.5 Å². The van der Waals surface area contributed by atoms with E-state index in [1.807, 2.05) is 6.07 Å². The maximum absolute atomic E-state index is 13.5. The summed E-state index contributed by atoms with van der Waals surface area (Å²) in [4.78, 5) is 14.9. The Bertz CT molecular complexity index is 1050. The van der Waals surface area contributed by atoms with Gasteiger partial charge < -0.3 is 18.9 Å². The molecule has 1 aromatic heterocycles. The van der Waals surface area contributed by atoms with Crippen LogP contribution < -0.4 is 9.47 Å². The maximum Gasteiger partial charge on any atom is 0.276 e. The van der Waals surface area contributed by atoms with Crippen LogP contribution in [0.4, 0.5) is 4.39 Å². The summed E-state index contributed by atoms with van der Waals surface area (Å²) in [5, 5.41) is 4.00. The van der Waals surface area contributed by atoms with Gasteiger partial charge in [-0.2, -0.15) is 0 Å². The van der Waals surface area contributed by atoms with Gasteiger partial charge in [-0.15, -0.1) is 0 Å². The number of nitrogens with zero attached hydrogens (tertiary/aromatic N) is 2. The number of carbonyl (C=O) groups excluding carboxylic acids is 1. The highest BCUT2D eigenvalue weighted by Crippen LogP contribution is 2.34. The topological polar surface area (TPSA) is 64.8 Å². The number of hydrogen-bond acceptors (Lipinski definition) is 5. The molecule has 7 heteroatoms. The Morgan fingerprint density at radius 3 is 2.83 bits per heavy atom. The van der Waals surface area contributed by atoms with Crippen LogP contribution in [0.1, 0.15) is 28.9 Å². The molecule has 1 aliphatic rings. The summed E-state index contributed by atoms with van der Waals surface area (Å²) < 4.78 is 29.6. The average molecular weight is 410 g/mol. The first kappa shape index (κ1) is 19.9. The van der Waals surface area contributed by atoms with E-state index in [9.17, 15) is 9.18 Å². The first-order valence-corrected chi connectivity index (χ1v) is 9.83. The monoisotopic (exact) mass is 410 g/mol. The van der Waals surface area contributed by atoms with Crippen molar-refractivity contribution in [3.05, 3.63) is 65.6 Å². The molecular formula is C23H23FN2O4. The van der Waals surface area contributed by atoms with Crippen molar-refractivity contribution in [3.63, 3.8) is 0 Å². The zero-order valence-corrected chi connectivity index (χ0v) is 16.9. The van der Waals surface area contributed by atoms with E-state index in [4.69, 9.17) is 14.0 Å². The minimum absolute atomic E-state index is 0.00538. The highest BCUT2D eigenvalue weighted by atomic mass is 19.1. The van der Waals surface area contributed by atoms with Crippen molar-refractivity contribution < 1.29 is 23.2 Å². The molecule has 1 aliphatic heterocycles. The Morgan fingerprint density at radius 1 is 1.20 bits per heavy atom. The number of ether oxygens (including phenoxy) is 2. The third-order valence-corrected chi connectivity index (χ3v) is 5.40. The molecule has 3 aromatic rings. The lowest BCUT2D eigenvalue weighted by Gasteiger charge is -2.23. The van der Waals surface area contributed by atoms with Gasteiger partial charge in [-0.05, 0) is 55.2 Å². The molecule has 0 N–H and O–H groups in total. The Kier molecular flexibility index (Phi) is 5.70. The largest absolute Gasteiger partial charge is 0.497 e. The number of aromatic nitrogens is 1. The number of hydrogen-bond donors (Lipinski definition) is 0. The predicted molar refractivity (Wildman–Crippen MR) is 109 cm³/mol. The second-order valence-corrected chi connectivity index (χ2v) is 7.27. The van der Waals surface area contributed by atoms with Crippen molar-refractivity contribution in [1.82, 2.24) is 10.1 Å². The van der Waals surface area contributed by atoms with Crippen molar-refractivity contribution in [2.75, 3.05) is 20.8 Å². The van der Waals surface area contributed by atoms with E-state index in [0.717, 1.165) is 18.4 Å². The minimum atomic E-state index is -0.267. The van der Waals surface area contributed by atoms with Gasteiger partial charge in [0.15, 0.2) is 11.5 Å². The predicted octanol–water partition coefficient (Wildman–Crippen LogP) is 4.35. The standard InChI is InChI=1S/C23H23FN2O4/c1-28-18-8-9-21(29-2)19(13-18)22-14-20(25-30-22)23(27)26-10-4-7-17(26)12-15-5-3-6-16(24)11-15/h3,5-6,8-9,11,13-14,17H,4,7,10,12H2,1-2H3. The zero-order valence-electron chi connectivity index (χ0n) is 16.9. The van der Waals surface area contributed by atoms with E-state index in [1.165, 1.54) is 12.1 Å². The van der Waals surface area contributed by atoms with E-state index in [2.05, 4.69) is 5.16 Å². The molecule has 0 radical (unpaired) electrons. The highest BCUT2D eigenvalue weighted by molar-refractivity contribution is 5.93. The molecule has 4 rings (SSSR count). The second kappa shape index (κ2) is 8.57. The van der Waals surface area contributed by atoms with Crippen LogP contribution in [-0.2, 0) is 6.42 Å². The summed E-state index contributed by atoms with van der Waals surface area (Å²) in [6.07, 6.45) is 2.38. The fraction of sp³-hybridized carbons (Fsp3) is 0.304. The number of methoxy groups -OCH3 is 2. The second-order valence-electron chi connectivity index (χ2n) is 7.27. The molecule has 0 bridgehead atoms. The van der Waals surface area contributed by atoms with Gasteiger partial charge in [0.1, 0.15) is 17.3 Å². The van der Waals surface area contributed by atoms with Crippen LogP contribution in [0.25, 0.3) is 11.3 Å².